The summed E-state index contributed by atoms with van der Waals surface area (Å²) in [6.45, 7) is 5.89. The monoisotopic (exact) mass is 234 g/mol. The SMILES string of the molecule is Cn1ccc(CCNCCCC(C)(C)C#N)n1. The van der Waals surface area contributed by atoms with E-state index < -0.39 is 0 Å². The summed E-state index contributed by atoms with van der Waals surface area (Å²) in [5.41, 5.74) is 0.931. The highest BCUT2D eigenvalue weighted by molar-refractivity contribution is 4.98. The zero-order chi connectivity index (χ0) is 12.7. The molecule has 1 aromatic heterocycles. The first kappa shape index (κ1) is 13.7. The van der Waals surface area contributed by atoms with Gasteiger partial charge < -0.3 is 5.32 Å². The zero-order valence-corrected chi connectivity index (χ0v) is 11.0. The van der Waals surface area contributed by atoms with Gasteiger partial charge in [0.1, 0.15) is 0 Å². The standard InChI is InChI=1S/C13H22N4/c1-13(2,11-14)7-4-8-15-9-5-12-6-10-17(3)16-12/h6,10,15H,4-5,7-9H2,1-3H3. The predicted octanol–water partition coefficient (Wildman–Crippen LogP) is 1.88. The fourth-order valence-electron chi connectivity index (χ4n) is 1.65. The maximum absolute atomic E-state index is 8.87. The number of nitrogens with zero attached hydrogens (tertiary/aromatic N) is 3. The predicted molar refractivity (Wildman–Crippen MR) is 68.4 cm³/mol. The molecule has 0 fully saturated rings. The average Bonchev–Trinajstić information content (AvgIpc) is 2.69. The van der Waals surface area contributed by atoms with Gasteiger partial charge >= 0.3 is 0 Å². The number of aryl methyl sites for hydroxylation is 1. The van der Waals surface area contributed by atoms with E-state index in [0.29, 0.717) is 0 Å². The Hall–Kier alpha value is -1.34. The van der Waals surface area contributed by atoms with Gasteiger partial charge in [0, 0.05) is 26.2 Å². The van der Waals surface area contributed by atoms with E-state index >= 15 is 0 Å². The van der Waals surface area contributed by atoms with Crippen LogP contribution >= 0.6 is 0 Å². The molecule has 0 radical (unpaired) electrons. The molecule has 17 heavy (non-hydrogen) atoms. The van der Waals surface area contributed by atoms with Crippen LogP contribution in [0.3, 0.4) is 0 Å². The van der Waals surface area contributed by atoms with Gasteiger partial charge in [0.25, 0.3) is 0 Å². The van der Waals surface area contributed by atoms with Gasteiger partial charge in [-0.25, -0.2) is 0 Å². The number of nitriles is 1. The zero-order valence-electron chi connectivity index (χ0n) is 11.0. The van der Waals surface area contributed by atoms with Crippen molar-refractivity contribution in [2.45, 2.75) is 33.1 Å². The van der Waals surface area contributed by atoms with E-state index in [1.54, 1.807) is 0 Å². The Kier molecular flexibility index (Phi) is 5.17. The lowest BCUT2D eigenvalue weighted by Crippen LogP contribution is -2.20. The molecule has 0 aliphatic rings. The molecule has 94 valence electrons. The van der Waals surface area contributed by atoms with Crippen LogP contribution in [0.4, 0.5) is 0 Å². The molecule has 0 amide bonds. The van der Waals surface area contributed by atoms with Gasteiger partial charge in [-0.2, -0.15) is 10.4 Å². The topological polar surface area (TPSA) is 53.6 Å². The van der Waals surface area contributed by atoms with E-state index in [2.05, 4.69) is 16.5 Å². The molecule has 1 heterocycles. The molecule has 0 saturated heterocycles. The van der Waals surface area contributed by atoms with Crippen molar-refractivity contribution >= 4 is 0 Å². The number of hydrogen-bond donors (Lipinski definition) is 1. The smallest absolute Gasteiger partial charge is 0.0683 e. The third-order valence-electron chi connectivity index (χ3n) is 2.78. The first-order valence-electron chi connectivity index (χ1n) is 6.14. The Morgan fingerprint density at radius 2 is 2.24 bits per heavy atom. The quantitative estimate of drug-likeness (QED) is 0.733. The Morgan fingerprint density at radius 3 is 2.82 bits per heavy atom. The van der Waals surface area contributed by atoms with Gasteiger partial charge in [0.05, 0.1) is 17.2 Å². The van der Waals surface area contributed by atoms with Gasteiger partial charge in [-0.15, -0.1) is 0 Å². The van der Waals surface area contributed by atoms with Crippen LogP contribution in [0.5, 0.6) is 0 Å². The molecule has 0 aliphatic carbocycles. The van der Waals surface area contributed by atoms with Crippen LogP contribution in [0, 0.1) is 16.7 Å². The lowest BCUT2D eigenvalue weighted by molar-refractivity contribution is 0.426. The summed E-state index contributed by atoms with van der Waals surface area (Å²) in [5, 5.41) is 16.6. The summed E-state index contributed by atoms with van der Waals surface area (Å²) in [4.78, 5) is 0. The van der Waals surface area contributed by atoms with E-state index in [0.717, 1.165) is 38.0 Å². The summed E-state index contributed by atoms with van der Waals surface area (Å²) in [5.74, 6) is 0. The van der Waals surface area contributed by atoms with Crippen molar-refractivity contribution in [2.75, 3.05) is 13.1 Å². The normalized spacial score (nSPS) is 11.4. The molecule has 4 heteroatoms. The molecule has 0 spiro atoms. The lowest BCUT2D eigenvalue weighted by Gasteiger charge is -2.14. The lowest BCUT2D eigenvalue weighted by atomic mass is 9.90. The van der Waals surface area contributed by atoms with Crippen LogP contribution in [0.15, 0.2) is 12.3 Å². The van der Waals surface area contributed by atoms with E-state index in [-0.39, 0.29) is 5.41 Å². The van der Waals surface area contributed by atoms with Gasteiger partial charge in [-0.05, 0) is 39.3 Å². The average molecular weight is 234 g/mol. The highest BCUT2D eigenvalue weighted by atomic mass is 15.2. The van der Waals surface area contributed by atoms with E-state index in [1.807, 2.05) is 37.8 Å². The molecular weight excluding hydrogens is 212 g/mol. The van der Waals surface area contributed by atoms with Crippen molar-refractivity contribution in [3.05, 3.63) is 18.0 Å². The van der Waals surface area contributed by atoms with Crippen molar-refractivity contribution in [1.29, 1.82) is 5.26 Å². The van der Waals surface area contributed by atoms with Gasteiger partial charge in [0.15, 0.2) is 0 Å². The van der Waals surface area contributed by atoms with Crippen LogP contribution in [-0.2, 0) is 13.5 Å². The van der Waals surface area contributed by atoms with Crippen molar-refractivity contribution in [1.82, 2.24) is 15.1 Å². The van der Waals surface area contributed by atoms with Crippen LogP contribution in [0.1, 0.15) is 32.4 Å². The second-order valence-electron chi connectivity index (χ2n) is 5.08. The Balaban J connectivity index is 2.04. The minimum Gasteiger partial charge on any atom is -0.316 e. The number of nitrogens with one attached hydrogen (secondary N) is 1. The maximum Gasteiger partial charge on any atom is 0.0683 e. The number of rotatable bonds is 7. The van der Waals surface area contributed by atoms with E-state index in [1.165, 1.54) is 0 Å². The van der Waals surface area contributed by atoms with Crippen LogP contribution in [-0.4, -0.2) is 22.9 Å². The molecule has 0 saturated carbocycles. The Morgan fingerprint density at radius 1 is 1.47 bits per heavy atom. The Labute approximate surface area is 104 Å². The third kappa shape index (κ3) is 5.50. The molecular formula is C13H22N4. The van der Waals surface area contributed by atoms with Gasteiger partial charge in [0.2, 0.25) is 0 Å². The fourth-order valence-corrected chi connectivity index (χ4v) is 1.65. The summed E-state index contributed by atoms with van der Waals surface area (Å²) >= 11 is 0. The summed E-state index contributed by atoms with van der Waals surface area (Å²) in [6, 6.07) is 4.36. The molecule has 0 atom stereocenters. The first-order valence-corrected chi connectivity index (χ1v) is 6.14. The van der Waals surface area contributed by atoms with Crippen molar-refractivity contribution in [2.24, 2.45) is 12.5 Å². The molecule has 1 aromatic rings. The minimum atomic E-state index is -0.192. The number of hydrogen-bond acceptors (Lipinski definition) is 3. The summed E-state index contributed by atoms with van der Waals surface area (Å²) in [6.07, 6.45) is 4.91. The molecule has 0 aliphatic heterocycles. The number of aromatic nitrogens is 2. The van der Waals surface area contributed by atoms with Crippen molar-refractivity contribution < 1.29 is 0 Å². The molecule has 0 aromatic carbocycles. The van der Waals surface area contributed by atoms with Crippen molar-refractivity contribution in [3.8, 4) is 6.07 Å². The second-order valence-corrected chi connectivity index (χ2v) is 5.08. The molecule has 0 bridgehead atoms. The highest BCUT2D eigenvalue weighted by Gasteiger charge is 2.15. The fraction of sp³-hybridized carbons (Fsp3) is 0.692. The van der Waals surface area contributed by atoms with Gasteiger partial charge in [-0.1, -0.05) is 0 Å². The van der Waals surface area contributed by atoms with Crippen LogP contribution in [0.2, 0.25) is 0 Å². The molecule has 1 rings (SSSR count). The third-order valence-corrected chi connectivity index (χ3v) is 2.78. The first-order chi connectivity index (χ1) is 8.03. The largest absolute Gasteiger partial charge is 0.316 e. The van der Waals surface area contributed by atoms with Gasteiger partial charge in [-0.3, -0.25) is 4.68 Å². The maximum atomic E-state index is 8.87. The Bertz CT molecular complexity index is 373. The highest BCUT2D eigenvalue weighted by Crippen LogP contribution is 2.19. The summed E-state index contributed by atoms with van der Waals surface area (Å²) in [7, 11) is 1.93. The van der Waals surface area contributed by atoms with Crippen LogP contribution in [0.25, 0.3) is 0 Å². The van der Waals surface area contributed by atoms with Crippen molar-refractivity contribution in [3.63, 3.8) is 0 Å². The molecule has 1 N–H and O–H groups in total. The van der Waals surface area contributed by atoms with E-state index in [4.69, 9.17) is 5.26 Å². The van der Waals surface area contributed by atoms with E-state index in [9.17, 15) is 0 Å². The molecule has 0 unspecified atom stereocenters. The van der Waals surface area contributed by atoms with Crippen LogP contribution < -0.4 is 5.32 Å². The second kappa shape index (κ2) is 6.41. The molecule has 4 nitrogen and oxygen atoms in total. The minimum absolute atomic E-state index is 0.192. The summed E-state index contributed by atoms with van der Waals surface area (Å²) < 4.78 is 1.82.